The minimum absolute atomic E-state index is 0.332. The zero-order valence-corrected chi connectivity index (χ0v) is 10.1. The van der Waals surface area contributed by atoms with Gasteiger partial charge in [0.25, 0.3) is 0 Å². The Labute approximate surface area is 93.6 Å². The van der Waals surface area contributed by atoms with Gasteiger partial charge in [0, 0.05) is 6.61 Å². The van der Waals surface area contributed by atoms with Crippen molar-refractivity contribution in [1.82, 2.24) is 0 Å². The van der Waals surface area contributed by atoms with Crippen molar-refractivity contribution < 1.29 is 4.74 Å². The molecule has 2 N–H and O–H groups in total. The minimum atomic E-state index is -0.831. The van der Waals surface area contributed by atoms with E-state index in [1.165, 1.54) is 32.1 Å². The molecule has 15 heavy (non-hydrogen) atoms. The van der Waals surface area contributed by atoms with Crippen LogP contribution in [0.15, 0.2) is 0 Å². The highest BCUT2D eigenvalue weighted by atomic mass is 16.5. The molecule has 0 spiro atoms. The van der Waals surface area contributed by atoms with Crippen LogP contribution in [0.3, 0.4) is 0 Å². The Bertz CT molecular complexity index is 185. The molecule has 0 aliphatic heterocycles. The maximum absolute atomic E-state index is 8.64. The molecule has 0 aliphatic carbocycles. The van der Waals surface area contributed by atoms with Crippen molar-refractivity contribution in [3.8, 4) is 6.07 Å². The molecular weight excluding hydrogens is 188 g/mol. The van der Waals surface area contributed by atoms with Crippen LogP contribution in [0.25, 0.3) is 0 Å². The average molecular weight is 212 g/mol. The summed E-state index contributed by atoms with van der Waals surface area (Å²) in [7, 11) is 0. The monoisotopic (exact) mass is 212 g/mol. The molecule has 0 fully saturated rings. The van der Waals surface area contributed by atoms with Gasteiger partial charge in [0.15, 0.2) is 0 Å². The van der Waals surface area contributed by atoms with Crippen LogP contribution >= 0.6 is 0 Å². The number of hydrogen-bond donors (Lipinski definition) is 1. The van der Waals surface area contributed by atoms with Crippen LogP contribution in [0.5, 0.6) is 0 Å². The number of hydrogen-bond acceptors (Lipinski definition) is 3. The van der Waals surface area contributed by atoms with Crippen molar-refractivity contribution in [2.24, 2.45) is 5.73 Å². The van der Waals surface area contributed by atoms with E-state index in [-0.39, 0.29) is 0 Å². The third-order valence-corrected chi connectivity index (χ3v) is 2.30. The van der Waals surface area contributed by atoms with E-state index in [9.17, 15) is 0 Å². The molecule has 0 aromatic carbocycles. The van der Waals surface area contributed by atoms with Crippen LogP contribution in [0.2, 0.25) is 0 Å². The molecule has 3 heteroatoms. The molecule has 88 valence electrons. The maximum Gasteiger partial charge on any atom is 0.124 e. The fourth-order valence-electron chi connectivity index (χ4n) is 1.30. The lowest BCUT2D eigenvalue weighted by Crippen LogP contribution is -2.39. The third-order valence-electron chi connectivity index (χ3n) is 2.30. The number of unbranched alkanes of at least 4 members (excludes halogenated alkanes) is 5. The molecule has 0 radical (unpaired) electrons. The van der Waals surface area contributed by atoms with Crippen LogP contribution in [-0.4, -0.2) is 18.8 Å². The van der Waals surface area contributed by atoms with Gasteiger partial charge in [-0.05, 0) is 13.3 Å². The lowest BCUT2D eigenvalue weighted by atomic mass is 10.1. The highest BCUT2D eigenvalue weighted by Crippen LogP contribution is 2.05. The van der Waals surface area contributed by atoms with Gasteiger partial charge >= 0.3 is 0 Å². The second-order valence-corrected chi connectivity index (χ2v) is 4.35. The molecule has 1 atom stereocenters. The molecule has 1 unspecified atom stereocenters. The van der Waals surface area contributed by atoms with Crippen molar-refractivity contribution in [2.45, 2.75) is 57.9 Å². The molecule has 0 saturated carbocycles. The van der Waals surface area contributed by atoms with Crippen LogP contribution in [0.4, 0.5) is 0 Å². The summed E-state index contributed by atoms with van der Waals surface area (Å²) in [6, 6.07) is 2.01. The summed E-state index contributed by atoms with van der Waals surface area (Å²) in [6.07, 6.45) is 7.51. The SMILES string of the molecule is CCCCCCCCOCC(C)(N)C#N. The van der Waals surface area contributed by atoms with E-state index in [1.54, 1.807) is 6.92 Å². The lowest BCUT2D eigenvalue weighted by Gasteiger charge is -2.14. The van der Waals surface area contributed by atoms with Crippen LogP contribution in [-0.2, 0) is 4.74 Å². The molecule has 0 amide bonds. The van der Waals surface area contributed by atoms with Gasteiger partial charge in [-0.25, -0.2) is 0 Å². The molecule has 0 rings (SSSR count). The molecule has 3 nitrogen and oxygen atoms in total. The number of nitrogens with two attached hydrogens (primary N) is 1. The molecule has 0 saturated heterocycles. The van der Waals surface area contributed by atoms with E-state index >= 15 is 0 Å². The summed E-state index contributed by atoms with van der Waals surface area (Å²) < 4.78 is 5.35. The molecule has 0 heterocycles. The van der Waals surface area contributed by atoms with Crippen LogP contribution in [0, 0.1) is 11.3 Å². The van der Waals surface area contributed by atoms with E-state index in [2.05, 4.69) is 6.92 Å². The van der Waals surface area contributed by atoms with E-state index < -0.39 is 5.54 Å². The summed E-state index contributed by atoms with van der Waals surface area (Å²) in [6.45, 7) is 4.96. The fourth-order valence-corrected chi connectivity index (χ4v) is 1.30. The van der Waals surface area contributed by atoms with E-state index in [4.69, 9.17) is 15.7 Å². The summed E-state index contributed by atoms with van der Waals surface area (Å²) in [5, 5.41) is 8.64. The smallest absolute Gasteiger partial charge is 0.124 e. The largest absolute Gasteiger partial charge is 0.378 e. The molecule has 0 aromatic rings. The second kappa shape index (κ2) is 8.70. The highest BCUT2D eigenvalue weighted by molar-refractivity contribution is 5.00. The van der Waals surface area contributed by atoms with Gasteiger partial charge in [-0.3, -0.25) is 0 Å². The Hall–Kier alpha value is -0.590. The summed E-state index contributed by atoms with van der Waals surface area (Å²) >= 11 is 0. The predicted octanol–water partition coefficient (Wildman–Crippen LogP) is 2.60. The van der Waals surface area contributed by atoms with Crippen molar-refractivity contribution in [1.29, 1.82) is 5.26 Å². The lowest BCUT2D eigenvalue weighted by molar-refractivity contribution is 0.104. The molecular formula is C12H24N2O. The topological polar surface area (TPSA) is 59.0 Å². The Morgan fingerprint density at radius 1 is 1.20 bits per heavy atom. The Morgan fingerprint density at radius 3 is 2.40 bits per heavy atom. The summed E-state index contributed by atoms with van der Waals surface area (Å²) in [4.78, 5) is 0. The van der Waals surface area contributed by atoms with E-state index in [0.29, 0.717) is 6.61 Å². The number of nitriles is 1. The van der Waals surface area contributed by atoms with Crippen molar-refractivity contribution >= 4 is 0 Å². The van der Waals surface area contributed by atoms with Crippen molar-refractivity contribution in [3.05, 3.63) is 0 Å². The average Bonchev–Trinajstić information content (AvgIpc) is 2.22. The molecule has 0 aromatic heterocycles. The van der Waals surface area contributed by atoms with Gasteiger partial charge in [-0.2, -0.15) is 5.26 Å². The zero-order valence-electron chi connectivity index (χ0n) is 10.1. The van der Waals surface area contributed by atoms with Gasteiger partial charge in [0.1, 0.15) is 5.54 Å². The Balaban J connectivity index is 3.16. The second-order valence-electron chi connectivity index (χ2n) is 4.35. The molecule has 0 bridgehead atoms. The van der Waals surface area contributed by atoms with E-state index in [0.717, 1.165) is 13.0 Å². The fraction of sp³-hybridized carbons (Fsp3) is 0.917. The highest BCUT2D eigenvalue weighted by Gasteiger charge is 2.16. The normalized spacial score (nSPS) is 14.5. The van der Waals surface area contributed by atoms with Gasteiger partial charge in [0.05, 0.1) is 12.7 Å². The summed E-state index contributed by atoms with van der Waals surface area (Å²) in [5.74, 6) is 0. The van der Waals surface area contributed by atoms with Crippen molar-refractivity contribution in [3.63, 3.8) is 0 Å². The van der Waals surface area contributed by atoms with Gasteiger partial charge in [-0.15, -0.1) is 0 Å². The predicted molar refractivity (Wildman–Crippen MR) is 62.4 cm³/mol. The standard InChI is InChI=1S/C12H24N2O/c1-3-4-5-6-7-8-9-15-11-12(2,14)10-13/h3-9,11,14H2,1-2H3. The first-order valence-electron chi connectivity index (χ1n) is 5.90. The molecule has 0 aliphatic rings. The Kier molecular flexibility index (Phi) is 8.35. The van der Waals surface area contributed by atoms with E-state index in [1.807, 2.05) is 6.07 Å². The van der Waals surface area contributed by atoms with Gasteiger partial charge in [0.2, 0.25) is 0 Å². The first-order valence-corrected chi connectivity index (χ1v) is 5.90. The van der Waals surface area contributed by atoms with Gasteiger partial charge < -0.3 is 10.5 Å². The minimum Gasteiger partial charge on any atom is -0.378 e. The zero-order chi connectivity index (χ0) is 11.6. The quantitative estimate of drug-likeness (QED) is 0.598. The first kappa shape index (κ1) is 14.4. The Morgan fingerprint density at radius 2 is 1.80 bits per heavy atom. The number of nitrogens with zero attached hydrogens (tertiary/aromatic N) is 1. The van der Waals surface area contributed by atoms with Crippen LogP contribution < -0.4 is 5.73 Å². The van der Waals surface area contributed by atoms with Crippen LogP contribution in [0.1, 0.15) is 52.4 Å². The first-order chi connectivity index (χ1) is 7.12. The number of rotatable bonds is 9. The third kappa shape index (κ3) is 9.71. The van der Waals surface area contributed by atoms with Gasteiger partial charge in [-0.1, -0.05) is 39.0 Å². The number of ether oxygens (including phenoxy) is 1. The van der Waals surface area contributed by atoms with Crippen molar-refractivity contribution in [2.75, 3.05) is 13.2 Å². The maximum atomic E-state index is 8.64. The summed E-state index contributed by atoms with van der Waals surface area (Å²) in [5.41, 5.74) is 4.78.